The Morgan fingerprint density at radius 2 is 1.64 bits per heavy atom. The maximum absolute atomic E-state index is 12.5. The third-order valence-electron chi connectivity index (χ3n) is 3.41. The molecule has 112 valence electrons. The van der Waals surface area contributed by atoms with Gasteiger partial charge in [0, 0.05) is 16.5 Å². The second kappa shape index (κ2) is 5.99. The van der Waals surface area contributed by atoms with Gasteiger partial charge in [-0.25, -0.2) is 9.69 Å². The third kappa shape index (κ3) is 2.93. The van der Waals surface area contributed by atoms with Crippen molar-refractivity contribution in [1.82, 2.24) is 5.32 Å². The van der Waals surface area contributed by atoms with Crippen LogP contribution in [0.4, 0.5) is 10.5 Å². The summed E-state index contributed by atoms with van der Waals surface area (Å²) < 4.78 is 0. The molecule has 0 radical (unpaired) electrons. The van der Waals surface area contributed by atoms with Crippen LogP contribution in [0, 0.1) is 0 Å². The molecule has 3 rings (SSSR count). The van der Waals surface area contributed by atoms with Crippen LogP contribution in [-0.2, 0) is 11.2 Å². The highest BCUT2D eigenvalue weighted by Gasteiger charge is 2.39. The molecule has 22 heavy (non-hydrogen) atoms. The number of anilines is 1. The first-order valence-corrected chi connectivity index (χ1v) is 7.44. The first-order valence-electron chi connectivity index (χ1n) is 6.69. The van der Waals surface area contributed by atoms with Gasteiger partial charge in [-0.2, -0.15) is 0 Å². The highest BCUT2D eigenvalue weighted by Crippen LogP contribution is 2.28. The summed E-state index contributed by atoms with van der Waals surface area (Å²) >= 11 is 11.9. The summed E-state index contributed by atoms with van der Waals surface area (Å²) in [4.78, 5) is 25.7. The fourth-order valence-electron chi connectivity index (χ4n) is 2.43. The van der Waals surface area contributed by atoms with Gasteiger partial charge < -0.3 is 5.32 Å². The quantitative estimate of drug-likeness (QED) is 0.871. The molecule has 2 aromatic rings. The van der Waals surface area contributed by atoms with E-state index in [2.05, 4.69) is 5.32 Å². The van der Waals surface area contributed by atoms with E-state index in [0.29, 0.717) is 22.2 Å². The summed E-state index contributed by atoms with van der Waals surface area (Å²) in [5.41, 5.74) is 1.35. The zero-order chi connectivity index (χ0) is 15.7. The van der Waals surface area contributed by atoms with E-state index in [1.54, 1.807) is 6.07 Å². The Hall–Kier alpha value is -2.04. The molecule has 6 heteroatoms. The second-order valence-electron chi connectivity index (χ2n) is 4.99. The second-order valence-corrected chi connectivity index (χ2v) is 5.87. The molecule has 2 aromatic carbocycles. The average Bonchev–Trinajstić information content (AvgIpc) is 2.73. The maximum Gasteiger partial charge on any atom is 0.329 e. The van der Waals surface area contributed by atoms with Crippen LogP contribution in [0.2, 0.25) is 10.0 Å². The van der Waals surface area contributed by atoms with Crippen LogP contribution in [0.1, 0.15) is 5.56 Å². The Morgan fingerprint density at radius 1 is 1.00 bits per heavy atom. The number of halogens is 2. The van der Waals surface area contributed by atoms with Gasteiger partial charge in [0.1, 0.15) is 6.04 Å². The lowest BCUT2D eigenvalue weighted by Crippen LogP contribution is -2.32. The summed E-state index contributed by atoms with van der Waals surface area (Å²) in [6, 6.07) is 13.1. The largest absolute Gasteiger partial charge is 0.329 e. The van der Waals surface area contributed by atoms with E-state index >= 15 is 0 Å². The van der Waals surface area contributed by atoms with Crippen LogP contribution in [0.25, 0.3) is 0 Å². The van der Waals surface area contributed by atoms with Crippen LogP contribution in [0.3, 0.4) is 0 Å². The van der Waals surface area contributed by atoms with Crippen molar-refractivity contribution in [2.24, 2.45) is 0 Å². The molecule has 0 spiro atoms. The molecule has 3 amide bonds. The van der Waals surface area contributed by atoms with Crippen molar-refractivity contribution >= 4 is 40.8 Å². The standard InChI is InChI=1S/C16H12Cl2N2O2/c17-11-7-12(18)9-13(8-11)20-15(21)14(19-16(20)22)6-10-4-2-1-3-5-10/h1-5,7-9,14H,6H2,(H,19,22)/t14-/m1/s1. The highest BCUT2D eigenvalue weighted by atomic mass is 35.5. The Labute approximate surface area is 137 Å². The molecule has 0 aromatic heterocycles. The Morgan fingerprint density at radius 3 is 2.27 bits per heavy atom. The molecule has 0 aliphatic carbocycles. The van der Waals surface area contributed by atoms with Crippen molar-refractivity contribution in [3.8, 4) is 0 Å². The summed E-state index contributed by atoms with van der Waals surface area (Å²) in [6.45, 7) is 0. The molecule has 0 unspecified atom stereocenters. The van der Waals surface area contributed by atoms with E-state index in [1.165, 1.54) is 12.1 Å². The van der Waals surface area contributed by atoms with E-state index in [1.807, 2.05) is 30.3 Å². The predicted octanol–water partition coefficient (Wildman–Crippen LogP) is 3.66. The number of benzene rings is 2. The van der Waals surface area contributed by atoms with Gasteiger partial charge in [0.05, 0.1) is 5.69 Å². The number of hydrogen-bond acceptors (Lipinski definition) is 2. The number of carbonyl (C=O) groups excluding carboxylic acids is 2. The van der Waals surface area contributed by atoms with Gasteiger partial charge in [-0.15, -0.1) is 0 Å². The van der Waals surface area contributed by atoms with E-state index in [4.69, 9.17) is 23.2 Å². The zero-order valence-corrected chi connectivity index (χ0v) is 12.9. The van der Waals surface area contributed by atoms with Crippen LogP contribution in [0.5, 0.6) is 0 Å². The Kier molecular flexibility index (Phi) is 4.05. The van der Waals surface area contributed by atoms with Crippen molar-refractivity contribution < 1.29 is 9.59 Å². The fraction of sp³-hybridized carbons (Fsp3) is 0.125. The van der Waals surface area contributed by atoms with E-state index in [-0.39, 0.29) is 5.91 Å². The highest BCUT2D eigenvalue weighted by molar-refractivity contribution is 6.35. The van der Waals surface area contributed by atoms with Gasteiger partial charge in [-0.1, -0.05) is 53.5 Å². The number of imide groups is 1. The van der Waals surface area contributed by atoms with Crippen LogP contribution < -0.4 is 10.2 Å². The summed E-state index contributed by atoms with van der Waals surface area (Å²) in [5, 5.41) is 3.43. The molecular formula is C16H12Cl2N2O2. The van der Waals surface area contributed by atoms with Crippen molar-refractivity contribution in [2.75, 3.05) is 4.90 Å². The molecule has 1 atom stereocenters. The monoisotopic (exact) mass is 334 g/mol. The maximum atomic E-state index is 12.5. The predicted molar refractivity (Wildman–Crippen MR) is 86.4 cm³/mol. The molecule has 1 heterocycles. The van der Waals surface area contributed by atoms with E-state index < -0.39 is 12.1 Å². The minimum Gasteiger partial charge on any atom is -0.325 e. The number of urea groups is 1. The minimum absolute atomic E-state index is 0.313. The molecule has 1 fully saturated rings. The van der Waals surface area contributed by atoms with E-state index in [9.17, 15) is 9.59 Å². The number of amides is 3. The molecule has 0 saturated carbocycles. The van der Waals surface area contributed by atoms with Gasteiger partial charge in [-0.05, 0) is 23.8 Å². The lowest BCUT2D eigenvalue weighted by Gasteiger charge is -2.14. The number of rotatable bonds is 3. The van der Waals surface area contributed by atoms with Crippen molar-refractivity contribution in [3.05, 3.63) is 64.1 Å². The molecular weight excluding hydrogens is 323 g/mol. The Balaban J connectivity index is 1.85. The fourth-order valence-corrected chi connectivity index (χ4v) is 2.95. The van der Waals surface area contributed by atoms with Crippen LogP contribution in [0.15, 0.2) is 48.5 Å². The topological polar surface area (TPSA) is 49.4 Å². The van der Waals surface area contributed by atoms with Crippen molar-refractivity contribution in [3.63, 3.8) is 0 Å². The Bertz CT molecular complexity index is 714. The van der Waals surface area contributed by atoms with Gasteiger partial charge in [0.25, 0.3) is 5.91 Å². The van der Waals surface area contributed by atoms with Gasteiger partial charge in [-0.3, -0.25) is 4.79 Å². The number of nitrogens with one attached hydrogen (secondary N) is 1. The van der Waals surface area contributed by atoms with E-state index in [0.717, 1.165) is 10.5 Å². The lowest BCUT2D eigenvalue weighted by molar-refractivity contribution is -0.118. The first kappa shape index (κ1) is 14.9. The molecule has 0 bridgehead atoms. The van der Waals surface area contributed by atoms with Crippen LogP contribution >= 0.6 is 23.2 Å². The molecule has 1 N–H and O–H groups in total. The van der Waals surface area contributed by atoms with Crippen molar-refractivity contribution in [2.45, 2.75) is 12.5 Å². The van der Waals surface area contributed by atoms with Gasteiger partial charge >= 0.3 is 6.03 Å². The van der Waals surface area contributed by atoms with Gasteiger partial charge in [0.15, 0.2) is 0 Å². The number of carbonyl (C=O) groups is 2. The summed E-state index contributed by atoms with van der Waals surface area (Å²) in [7, 11) is 0. The zero-order valence-electron chi connectivity index (χ0n) is 11.4. The van der Waals surface area contributed by atoms with Crippen LogP contribution in [-0.4, -0.2) is 18.0 Å². The molecule has 1 saturated heterocycles. The SMILES string of the molecule is O=C1N[C@H](Cc2ccccc2)C(=O)N1c1cc(Cl)cc(Cl)c1. The first-order chi connectivity index (χ1) is 10.5. The number of hydrogen-bond donors (Lipinski definition) is 1. The molecule has 4 nitrogen and oxygen atoms in total. The summed E-state index contributed by atoms with van der Waals surface area (Å²) in [5.74, 6) is -0.313. The van der Waals surface area contributed by atoms with Gasteiger partial charge in [0.2, 0.25) is 0 Å². The molecule has 1 aliphatic rings. The van der Waals surface area contributed by atoms with Crippen molar-refractivity contribution in [1.29, 1.82) is 0 Å². The summed E-state index contributed by atoms with van der Waals surface area (Å²) in [6.07, 6.45) is 0.441. The normalized spacial score (nSPS) is 17.7. The molecule has 1 aliphatic heterocycles. The number of nitrogens with zero attached hydrogens (tertiary/aromatic N) is 1. The smallest absolute Gasteiger partial charge is 0.325 e. The minimum atomic E-state index is -0.590. The lowest BCUT2D eigenvalue weighted by atomic mass is 10.1. The third-order valence-corrected chi connectivity index (χ3v) is 3.84. The average molecular weight is 335 g/mol.